The van der Waals surface area contributed by atoms with Crippen LogP contribution in [-0.4, -0.2) is 10.2 Å². The maximum absolute atomic E-state index is 12.0. The van der Waals surface area contributed by atoms with Gasteiger partial charge in [-0.2, -0.15) is 0 Å². The van der Waals surface area contributed by atoms with E-state index in [4.69, 9.17) is 0 Å². The molecule has 0 amide bonds. The van der Waals surface area contributed by atoms with Crippen molar-refractivity contribution in [3.05, 3.63) is 108 Å². The topological polar surface area (TPSA) is 109 Å². The van der Waals surface area contributed by atoms with E-state index < -0.39 is 33.2 Å². The smallest absolute Gasteiger partial charge is 0.268 e. The molecule has 0 spiro atoms. The van der Waals surface area contributed by atoms with Crippen molar-refractivity contribution in [3.8, 4) is 63.0 Å². The highest BCUT2D eigenvalue weighted by Crippen LogP contribution is 2.49. The monoisotopic (exact) mass is 542 g/mol. The van der Waals surface area contributed by atoms with Gasteiger partial charge in [-0.25, -0.2) is 0 Å². The second-order valence-electron chi connectivity index (χ2n) is 8.27. The predicted molar refractivity (Wildman–Crippen MR) is 150 cm³/mol. The molecular formula is C28H14O6S3. The second-order valence-corrected chi connectivity index (χ2v) is 11.5. The van der Waals surface area contributed by atoms with Crippen molar-refractivity contribution in [2.75, 3.05) is 0 Å². The molecule has 2 N–H and O–H groups in total. The fraction of sp³-hybridized carbons (Fsp3) is 0. The van der Waals surface area contributed by atoms with Crippen molar-refractivity contribution in [3.63, 3.8) is 0 Å². The van der Waals surface area contributed by atoms with Crippen molar-refractivity contribution in [2.45, 2.75) is 0 Å². The molecule has 3 aromatic carbocycles. The Labute approximate surface area is 220 Å². The van der Waals surface area contributed by atoms with Crippen molar-refractivity contribution in [1.82, 2.24) is 0 Å². The summed E-state index contributed by atoms with van der Waals surface area (Å²) in [5, 5.41) is 19.7. The predicted octanol–water partition coefficient (Wildman–Crippen LogP) is 5.45. The van der Waals surface area contributed by atoms with Gasteiger partial charge in [0.15, 0.2) is 11.5 Å². The molecule has 0 saturated heterocycles. The number of hydrogen-bond donors (Lipinski definition) is 2. The van der Waals surface area contributed by atoms with E-state index in [1.807, 2.05) is 42.5 Å². The average Bonchev–Trinajstić information content (AvgIpc) is 3.68. The average molecular weight is 543 g/mol. The second kappa shape index (κ2) is 8.45. The first-order valence-electron chi connectivity index (χ1n) is 10.9. The largest absolute Gasteiger partial charge is 0.503 e. The van der Waals surface area contributed by atoms with Gasteiger partial charge >= 0.3 is 0 Å². The zero-order chi connectivity index (χ0) is 26.0. The van der Waals surface area contributed by atoms with Gasteiger partial charge in [-0.3, -0.25) is 19.2 Å². The molecule has 0 atom stereocenters. The molecule has 0 bridgehead atoms. The molecular weight excluding hydrogens is 529 g/mol. The highest BCUT2D eigenvalue weighted by Gasteiger charge is 2.26. The number of rotatable bonds is 6. The van der Waals surface area contributed by atoms with Crippen LogP contribution < -0.4 is 21.7 Å². The van der Waals surface area contributed by atoms with E-state index in [1.54, 1.807) is 18.2 Å². The summed E-state index contributed by atoms with van der Waals surface area (Å²) in [5.74, 6) is -1.00. The molecule has 9 heteroatoms. The number of thiophene rings is 3. The van der Waals surface area contributed by atoms with E-state index in [2.05, 4.69) is 6.58 Å². The van der Waals surface area contributed by atoms with Gasteiger partial charge in [-0.1, -0.05) is 36.9 Å². The Morgan fingerprint density at radius 2 is 1.11 bits per heavy atom. The van der Waals surface area contributed by atoms with Crippen molar-refractivity contribution >= 4 is 40.1 Å². The van der Waals surface area contributed by atoms with Gasteiger partial charge in [0.2, 0.25) is 10.9 Å². The van der Waals surface area contributed by atoms with E-state index in [0.717, 1.165) is 36.2 Å². The quantitative estimate of drug-likeness (QED) is 0.271. The lowest BCUT2D eigenvalue weighted by Crippen LogP contribution is -2.31. The number of benzene rings is 1. The van der Waals surface area contributed by atoms with Crippen LogP contribution in [0.2, 0.25) is 0 Å². The van der Waals surface area contributed by atoms with Crippen molar-refractivity contribution < 1.29 is 10.2 Å². The highest BCUT2D eigenvalue weighted by atomic mass is 32.1. The van der Waals surface area contributed by atoms with Crippen LogP contribution in [0.25, 0.3) is 57.6 Å². The Morgan fingerprint density at radius 3 is 1.65 bits per heavy atom. The van der Waals surface area contributed by atoms with Gasteiger partial charge in [-0.15, -0.1) is 34.0 Å². The molecule has 37 heavy (non-hydrogen) atoms. The fourth-order valence-corrected chi connectivity index (χ4v) is 7.61. The maximum atomic E-state index is 12.0. The molecule has 0 fully saturated rings. The third-order valence-electron chi connectivity index (χ3n) is 6.13. The molecule has 6 nitrogen and oxygen atoms in total. The van der Waals surface area contributed by atoms with Crippen LogP contribution >= 0.6 is 34.0 Å². The zero-order valence-electron chi connectivity index (χ0n) is 18.7. The molecule has 6 aromatic rings. The fourth-order valence-electron chi connectivity index (χ4n) is 4.12. The zero-order valence-corrected chi connectivity index (χ0v) is 21.2. The first-order chi connectivity index (χ1) is 17.8. The van der Waals surface area contributed by atoms with Crippen molar-refractivity contribution in [2.24, 2.45) is 0 Å². The molecule has 3 heterocycles. The lowest BCUT2D eigenvalue weighted by Gasteiger charge is -2.04. The molecule has 0 saturated carbocycles. The normalized spacial score (nSPS) is 11.5. The Balaban J connectivity index is 1.47. The van der Waals surface area contributed by atoms with Crippen LogP contribution in [0, 0.1) is 0 Å². The first kappa shape index (κ1) is 23.2. The van der Waals surface area contributed by atoms with Crippen molar-refractivity contribution in [1.29, 1.82) is 0 Å². The minimum Gasteiger partial charge on any atom is -0.503 e. The van der Waals surface area contributed by atoms with Crippen LogP contribution in [-0.2, 0) is 0 Å². The summed E-state index contributed by atoms with van der Waals surface area (Å²) in [4.78, 5) is 51.5. The van der Waals surface area contributed by atoms with Gasteiger partial charge in [0.25, 0.3) is 10.9 Å². The standard InChI is InChI=1S/C28H14O6S3/c1-2-12-3-5-13(6-4-12)14-11-19(15-7-8-16(35-15)20-22(29)26(33)23(20)30)37-28(14)18-10-9-17(36-18)21-24(31)27(34)25(21)32/h2-11,29,31H,1H2. The third-order valence-corrected chi connectivity index (χ3v) is 9.85. The lowest BCUT2D eigenvalue weighted by atomic mass is 10.0. The third kappa shape index (κ3) is 3.51. The van der Waals surface area contributed by atoms with E-state index in [0.29, 0.717) is 9.75 Å². The van der Waals surface area contributed by atoms with Crippen LogP contribution in [0.1, 0.15) is 5.56 Å². The van der Waals surface area contributed by atoms with E-state index >= 15 is 0 Å². The van der Waals surface area contributed by atoms with Gasteiger partial charge in [-0.05, 0) is 41.5 Å². The van der Waals surface area contributed by atoms with Crippen LogP contribution in [0.3, 0.4) is 0 Å². The highest BCUT2D eigenvalue weighted by molar-refractivity contribution is 7.28. The van der Waals surface area contributed by atoms with Crippen LogP contribution in [0.4, 0.5) is 0 Å². The summed E-state index contributed by atoms with van der Waals surface area (Å²) in [5.41, 5.74) is -0.122. The molecule has 3 aromatic heterocycles. The van der Waals surface area contributed by atoms with Gasteiger partial charge in [0, 0.05) is 29.9 Å². The van der Waals surface area contributed by atoms with Crippen LogP contribution in [0.5, 0.6) is 11.5 Å². The Kier molecular flexibility index (Phi) is 5.30. The molecule has 0 radical (unpaired) electrons. The summed E-state index contributed by atoms with van der Waals surface area (Å²) in [6.07, 6.45) is 1.76. The minimum absolute atomic E-state index is 0.0469. The Bertz CT molecular complexity index is 2000. The SMILES string of the molecule is C=Cc1ccc(-c2cc(-c3ccc(-c4c(O)c(=O)c4=O)s3)sc2-c2ccc(-c3c(O)c(=O)c3=O)s2)cc1. The van der Waals surface area contributed by atoms with Gasteiger partial charge < -0.3 is 10.2 Å². The molecule has 0 aliphatic heterocycles. The minimum atomic E-state index is -0.868. The summed E-state index contributed by atoms with van der Waals surface area (Å²) < 4.78 is 0. The first-order valence-corrected chi connectivity index (χ1v) is 13.4. The molecule has 0 aliphatic carbocycles. The van der Waals surface area contributed by atoms with Gasteiger partial charge in [0.05, 0.1) is 16.0 Å². The number of hydrogen-bond acceptors (Lipinski definition) is 9. The summed E-state index contributed by atoms with van der Waals surface area (Å²) in [7, 11) is 0. The lowest BCUT2D eigenvalue weighted by molar-refractivity contribution is 0.465. The Morgan fingerprint density at radius 1 is 0.595 bits per heavy atom. The molecule has 0 aliphatic rings. The molecule has 180 valence electrons. The van der Waals surface area contributed by atoms with E-state index in [9.17, 15) is 29.4 Å². The van der Waals surface area contributed by atoms with E-state index in [1.165, 1.54) is 34.0 Å². The molecule has 6 rings (SSSR count). The summed E-state index contributed by atoms with van der Waals surface area (Å²) in [6, 6.07) is 17.1. The Hall–Kier alpha value is -4.18. The van der Waals surface area contributed by atoms with Crippen LogP contribution in [0.15, 0.2) is 80.4 Å². The summed E-state index contributed by atoms with van der Waals surface area (Å²) >= 11 is 4.14. The van der Waals surface area contributed by atoms with E-state index in [-0.39, 0.29) is 11.1 Å². The molecule has 0 unspecified atom stereocenters. The maximum Gasteiger partial charge on any atom is 0.268 e. The van der Waals surface area contributed by atoms with Gasteiger partial charge in [0.1, 0.15) is 0 Å². The number of aromatic hydroxyl groups is 2. The summed E-state index contributed by atoms with van der Waals surface area (Å²) in [6.45, 7) is 3.80.